The summed E-state index contributed by atoms with van der Waals surface area (Å²) >= 11 is 0. The summed E-state index contributed by atoms with van der Waals surface area (Å²) in [5.74, 6) is 0.0968. The van der Waals surface area contributed by atoms with Gasteiger partial charge in [-0.3, -0.25) is 9.69 Å². The summed E-state index contributed by atoms with van der Waals surface area (Å²) in [6, 6.07) is 14.2. The molecule has 0 amide bonds. The van der Waals surface area contributed by atoms with Crippen LogP contribution in [0.25, 0.3) is 11.1 Å². The number of carbonyl (C=O) groups is 1. The predicted molar refractivity (Wildman–Crippen MR) is 160 cm³/mol. The van der Waals surface area contributed by atoms with E-state index in [1.54, 1.807) is 13.2 Å². The molecule has 3 aromatic rings. The van der Waals surface area contributed by atoms with Gasteiger partial charge in [0.2, 0.25) is 5.88 Å². The minimum atomic E-state index is -0.749. The Morgan fingerprint density at radius 3 is 2.67 bits per heavy atom. The molecular formula is C35H41FN2O4. The standard InChI is InChI=1S/C35H41FN2O4/c1-21(34(39)40)33(23-6-7-23)25-8-5-22-10-12-30(42-31(22)16-25)24-9-11-27(28-17-32(41-4)37-18-29(28)36)26(15-24)19-38-14-13-35(2,3)20-38/h5,8-9,11,15-18,21,23,30,33H,6-7,10,12-14,19-20H2,1-4H3,(H,39,40)/t21-,30-,33-/m0/s1. The fourth-order valence-corrected chi connectivity index (χ4v) is 6.95. The fraction of sp³-hybridized carbons (Fsp3) is 0.486. The quantitative estimate of drug-likeness (QED) is 0.288. The van der Waals surface area contributed by atoms with E-state index in [4.69, 9.17) is 9.47 Å². The topological polar surface area (TPSA) is 71.9 Å². The molecule has 2 aromatic carbocycles. The van der Waals surface area contributed by atoms with Crippen molar-refractivity contribution in [2.75, 3.05) is 20.2 Å². The average molecular weight is 573 g/mol. The lowest BCUT2D eigenvalue weighted by Gasteiger charge is -2.29. The smallest absolute Gasteiger partial charge is 0.306 e. The second-order valence-electron chi connectivity index (χ2n) is 13.3. The number of hydrogen-bond donors (Lipinski definition) is 1. The monoisotopic (exact) mass is 572 g/mol. The number of halogens is 1. The molecule has 0 spiro atoms. The lowest BCUT2D eigenvalue weighted by atomic mass is 9.82. The molecule has 222 valence electrons. The number of pyridine rings is 1. The number of rotatable bonds is 9. The van der Waals surface area contributed by atoms with E-state index < -0.39 is 11.9 Å². The molecule has 1 saturated heterocycles. The van der Waals surface area contributed by atoms with Gasteiger partial charge in [-0.1, -0.05) is 51.1 Å². The van der Waals surface area contributed by atoms with Gasteiger partial charge in [0.25, 0.3) is 0 Å². The van der Waals surface area contributed by atoms with E-state index in [1.165, 1.54) is 6.20 Å². The highest BCUT2D eigenvalue weighted by Crippen LogP contribution is 2.48. The van der Waals surface area contributed by atoms with Crippen molar-refractivity contribution in [3.63, 3.8) is 0 Å². The van der Waals surface area contributed by atoms with Gasteiger partial charge < -0.3 is 14.6 Å². The molecule has 3 atom stereocenters. The van der Waals surface area contributed by atoms with Crippen LogP contribution in [0.1, 0.15) is 80.7 Å². The van der Waals surface area contributed by atoms with Gasteiger partial charge in [0.15, 0.2) is 0 Å². The SMILES string of the molecule is COc1cc(-c2ccc([C@@H]3CCc4ccc([C@H](C5CC5)[C@H](C)C(=O)O)cc4O3)cc2CN2CCC(C)(C)C2)c(F)cn1. The minimum absolute atomic E-state index is 0.000348. The van der Waals surface area contributed by atoms with E-state index >= 15 is 4.39 Å². The van der Waals surface area contributed by atoms with Crippen molar-refractivity contribution >= 4 is 5.97 Å². The van der Waals surface area contributed by atoms with E-state index in [-0.39, 0.29) is 23.3 Å². The van der Waals surface area contributed by atoms with E-state index in [2.05, 4.69) is 54.1 Å². The molecular weight excluding hydrogens is 531 g/mol. The highest BCUT2D eigenvalue weighted by Gasteiger charge is 2.39. The Labute approximate surface area is 247 Å². The first-order valence-electron chi connectivity index (χ1n) is 15.2. The number of likely N-dealkylation sites (tertiary alicyclic amines) is 1. The molecule has 6 rings (SSSR count). The zero-order valence-corrected chi connectivity index (χ0v) is 25.0. The van der Waals surface area contributed by atoms with Crippen LogP contribution in [0.15, 0.2) is 48.7 Å². The molecule has 0 bridgehead atoms. The van der Waals surface area contributed by atoms with Crippen LogP contribution in [0.3, 0.4) is 0 Å². The van der Waals surface area contributed by atoms with Crippen molar-refractivity contribution in [3.05, 3.63) is 76.7 Å². The third kappa shape index (κ3) is 5.89. The number of hydrogen-bond acceptors (Lipinski definition) is 5. The van der Waals surface area contributed by atoms with Gasteiger partial charge in [0.05, 0.1) is 19.2 Å². The van der Waals surface area contributed by atoms with Crippen molar-refractivity contribution in [1.29, 1.82) is 0 Å². The van der Waals surface area contributed by atoms with Crippen molar-refractivity contribution in [2.24, 2.45) is 17.3 Å². The van der Waals surface area contributed by atoms with Crippen molar-refractivity contribution in [1.82, 2.24) is 9.88 Å². The number of methoxy groups -OCH3 is 1. The fourth-order valence-electron chi connectivity index (χ4n) is 6.95. The Bertz CT molecular complexity index is 1480. The van der Waals surface area contributed by atoms with Gasteiger partial charge in [0, 0.05) is 24.7 Å². The molecule has 0 radical (unpaired) electrons. The number of fused-ring (bicyclic) bond motifs is 1. The van der Waals surface area contributed by atoms with Crippen LogP contribution in [-0.2, 0) is 17.8 Å². The van der Waals surface area contributed by atoms with Gasteiger partial charge in [0.1, 0.15) is 17.7 Å². The van der Waals surface area contributed by atoms with E-state index in [0.717, 1.165) is 85.3 Å². The van der Waals surface area contributed by atoms with E-state index in [9.17, 15) is 9.90 Å². The molecule has 0 unspecified atom stereocenters. The van der Waals surface area contributed by atoms with Gasteiger partial charge in [-0.25, -0.2) is 9.37 Å². The Morgan fingerprint density at radius 2 is 1.98 bits per heavy atom. The zero-order valence-electron chi connectivity index (χ0n) is 25.0. The zero-order chi connectivity index (χ0) is 29.6. The van der Waals surface area contributed by atoms with Crippen LogP contribution in [0.5, 0.6) is 11.6 Å². The maximum Gasteiger partial charge on any atom is 0.306 e. The molecule has 1 aliphatic carbocycles. The Kier molecular flexibility index (Phi) is 7.73. The second kappa shape index (κ2) is 11.3. The summed E-state index contributed by atoms with van der Waals surface area (Å²) in [6.45, 7) is 9.13. The first kappa shape index (κ1) is 28.7. The van der Waals surface area contributed by atoms with Gasteiger partial charge in [-0.2, -0.15) is 0 Å². The molecule has 7 heteroatoms. The summed E-state index contributed by atoms with van der Waals surface area (Å²) in [6.07, 6.45) is 6.11. The summed E-state index contributed by atoms with van der Waals surface area (Å²) in [5.41, 5.74) is 5.94. The van der Waals surface area contributed by atoms with Crippen molar-refractivity contribution in [3.8, 4) is 22.8 Å². The molecule has 1 N–H and O–H groups in total. The molecule has 6 nitrogen and oxygen atoms in total. The number of nitrogens with zero attached hydrogens (tertiary/aromatic N) is 2. The maximum atomic E-state index is 15.1. The van der Waals surface area contributed by atoms with Gasteiger partial charge in [-0.05, 0) is 89.8 Å². The van der Waals surface area contributed by atoms with Crippen LogP contribution in [-0.4, -0.2) is 41.2 Å². The van der Waals surface area contributed by atoms with Crippen LogP contribution in [0, 0.1) is 23.1 Å². The summed E-state index contributed by atoms with van der Waals surface area (Å²) < 4.78 is 27.1. The number of benzene rings is 2. The van der Waals surface area contributed by atoms with Gasteiger partial charge in [-0.15, -0.1) is 0 Å². The summed E-state index contributed by atoms with van der Waals surface area (Å²) in [7, 11) is 1.54. The molecule has 42 heavy (non-hydrogen) atoms. The third-order valence-electron chi connectivity index (χ3n) is 9.46. The van der Waals surface area contributed by atoms with E-state index in [0.29, 0.717) is 17.4 Å². The number of ether oxygens (including phenoxy) is 2. The van der Waals surface area contributed by atoms with Crippen LogP contribution in [0.2, 0.25) is 0 Å². The maximum absolute atomic E-state index is 15.1. The van der Waals surface area contributed by atoms with Crippen LogP contribution < -0.4 is 9.47 Å². The van der Waals surface area contributed by atoms with Crippen LogP contribution in [0.4, 0.5) is 4.39 Å². The van der Waals surface area contributed by atoms with Crippen molar-refractivity contribution < 1.29 is 23.8 Å². The van der Waals surface area contributed by atoms with Gasteiger partial charge >= 0.3 is 5.97 Å². The molecule has 2 fully saturated rings. The largest absolute Gasteiger partial charge is 0.485 e. The first-order chi connectivity index (χ1) is 20.1. The van der Waals surface area contributed by atoms with Crippen LogP contribution >= 0.6 is 0 Å². The Balaban J connectivity index is 1.32. The molecule has 3 heterocycles. The molecule has 1 saturated carbocycles. The number of carboxylic acids is 1. The summed E-state index contributed by atoms with van der Waals surface area (Å²) in [5, 5.41) is 9.76. The number of carboxylic acid groups (broad SMARTS) is 1. The highest BCUT2D eigenvalue weighted by molar-refractivity contribution is 5.71. The molecule has 3 aliphatic rings. The highest BCUT2D eigenvalue weighted by atomic mass is 19.1. The Hall–Kier alpha value is -3.45. The lowest BCUT2D eigenvalue weighted by molar-refractivity contribution is -0.142. The lowest BCUT2D eigenvalue weighted by Crippen LogP contribution is -2.23. The van der Waals surface area contributed by atoms with Crippen molar-refractivity contribution in [2.45, 2.75) is 71.4 Å². The average Bonchev–Trinajstić information content (AvgIpc) is 3.75. The minimum Gasteiger partial charge on any atom is -0.485 e. The third-order valence-corrected chi connectivity index (χ3v) is 9.46. The molecule has 2 aliphatic heterocycles. The number of aromatic nitrogens is 1. The summed E-state index contributed by atoms with van der Waals surface area (Å²) in [4.78, 5) is 18.4. The number of aliphatic carboxylic acids is 1. The molecule has 1 aromatic heterocycles. The second-order valence-corrected chi connectivity index (χ2v) is 13.3. The first-order valence-corrected chi connectivity index (χ1v) is 15.2. The normalized spacial score (nSPS) is 21.3. The van der Waals surface area contributed by atoms with E-state index in [1.807, 2.05) is 13.0 Å². The number of aryl methyl sites for hydroxylation is 1. The predicted octanol–water partition coefficient (Wildman–Crippen LogP) is 7.41. The Morgan fingerprint density at radius 1 is 1.17 bits per heavy atom.